The van der Waals surface area contributed by atoms with E-state index in [1.165, 1.54) is 215 Å². The Kier molecular flexibility index (Phi) is 42.7. The quantitative estimate of drug-likeness (QED) is 0.0359. The molecule has 0 aliphatic heterocycles. The predicted octanol–water partition coefficient (Wildman–Crippen LogP) is 22.1. The highest BCUT2D eigenvalue weighted by Gasteiger charge is 2.13. The van der Waals surface area contributed by atoms with Crippen LogP contribution in [0.3, 0.4) is 0 Å². The van der Waals surface area contributed by atoms with Gasteiger partial charge in [-0.2, -0.15) is 0 Å². The molecule has 0 atom stereocenters. The molecule has 0 unspecified atom stereocenters. The van der Waals surface area contributed by atoms with Gasteiger partial charge >= 0.3 is 0 Å². The maximum Gasteiger partial charge on any atom is 0.0665 e. The predicted molar refractivity (Wildman–Crippen MR) is 307 cm³/mol. The molecule has 0 bridgehead atoms. The second kappa shape index (κ2) is 47.6. The Morgan fingerprint density at radius 2 is 0.544 bits per heavy atom. The highest BCUT2D eigenvalue weighted by atomic mass is 14.8. The van der Waals surface area contributed by atoms with Gasteiger partial charge in [-0.15, -0.1) is 23.7 Å². The third kappa shape index (κ3) is 35.1. The Bertz CT molecular complexity index is 1500. The molecular weight excluding hydrogens is 821 g/mol. The van der Waals surface area contributed by atoms with E-state index >= 15 is 0 Å². The summed E-state index contributed by atoms with van der Waals surface area (Å²) in [6, 6.07) is 17.6. The molecule has 0 aromatic heterocycles. The molecular formula is C66H108N2. The smallest absolute Gasteiger partial charge is 0.0665 e. The third-order valence-corrected chi connectivity index (χ3v) is 13.9. The zero-order valence-corrected chi connectivity index (χ0v) is 45.6. The number of unbranched alkanes of at least 4 members (excludes halogenated alkanes) is 34. The van der Waals surface area contributed by atoms with Crippen molar-refractivity contribution < 1.29 is 0 Å². The van der Waals surface area contributed by atoms with Crippen LogP contribution in [0.4, 0.5) is 11.4 Å². The molecule has 0 aliphatic rings. The van der Waals surface area contributed by atoms with Gasteiger partial charge in [-0.3, -0.25) is 9.98 Å². The standard InChI is InChI=1S/C66H108N2/c1-5-9-13-15-17-19-21-23-25-27-29-31-33-35-37-39-41-43-45-47-53-61-55-49-51-59-63(61)67-65(57-11-7-3)66(58-12-8-4)68-64-60-52-50-56-62(64)54-48-46-44-42-40-38-36-34-32-30-28-26-24-22-20-18-16-14-10-6-2/h49-52,55-56,59-60H,5-40,45-48,53-54,57-58H2,1-4H3. The zero-order chi connectivity index (χ0) is 48.5. The Labute approximate surface area is 424 Å². The van der Waals surface area contributed by atoms with Crippen molar-refractivity contribution in [3.8, 4) is 23.7 Å². The number of hydrogen-bond donors (Lipinski definition) is 0. The minimum absolute atomic E-state index is 0.963. The molecule has 2 rings (SSSR count). The molecule has 0 saturated heterocycles. The van der Waals surface area contributed by atoms with Crippen molar-refractivity contribution in [1.82, 2.24) is 0 Å². The molecule has 2 aromatic rings. The summed E-state index contributed by atoms with van der Waals surface area (Å²) in [7, 11) is 0. The average molecular weight is 930 g/mol. The topological polar surface area (TPSA) is 24.7 Å². The van der Waals surface area contributed by atoms with Gasteiger partial charge in [0.05, 0.1) is 22.8 Å². The SMILES string of the molecule is CCCCCCCCCCCCCCCCCC#CCCCc1ccccc1N=C(CCCC)C(CCCC)=Nc1ccccc1CCCC#CCCCCCCCCCCCCCCCCC. The van der Waals surface area contributed by atoms with Crippen LogP contribution in [0.5, 0.6) is 0 Å². The largest absolute Gasteiger partial charge is 0.251 e. The first kappa shape index (κ1) is 61.0. The first-order valence-electron chi connectivity index (χ1n) is 30.0. The fraction of sp³-hybridized carbons (Fsp3) is 0.727. The second-order valence-electron chi connectivity index (χ2n) is 20.4. The molecule has 0 N–H and O–H groups in total. The van der Waals surface area contributed by atoms with Gasteiger partial charge in [-0.05, 0) is 87.5 Å². The summed E-state index contributed by atoms with van der Waals surface area (Å²) in [6.45, 7) is 9.18. The summed E-state index contributed by atoms with van der Waals surface area (Å²) < 4.78 is 0. The van der Waals surface area contributed by atoms with E-state index < -0.39 is 0 Å². The van der Waals surface area contributed by atoms with Crippen molar-refractivity contribution in [3.63, 3.8) is 0 Å². The van der Waals surface area contributed by atoms with Gasteiger partial charge in [0.2, 0.25) is 0 Å². The minimum atomic E-state index is 0.963. The summed E-state index contributed by atoms with van der Waals surface area (Å²) in [4.78, 5) is 10.9. The Morgan fingerprint density at radius 3 is 0.838 bits per heavy atom. The van der Waals surface area contributed by atoms with Gasteiger partial charge in [0.1, 0.15) is 0 Å². The van der Waals surface area contributed by atoms with Crippen LogP contribution in [0.1, 0.15) is 308 Å². The van der Waals surface area contributed by atoms with Crippen LogP contribution in [-0.4, -0.2) is 11.4 Å². The molecule has 0 aliphatic carbocycles. The minimum Gasteiger partial charge on any atom is -0.251 e. The number of rotatable bonds is 45. The summed E-state index contributed by atoms with van der Waals surface area (Å²) >= 11 is 0. The lowest BCUT2D eigenvalue weighted by atomic mass is 10.0. The van der Waals surface area contributed by atoms with Gasteiger partial charge in [0.15, 0.2) is 0 Å². The first-order valence-corrected chi connectivity index (χ1v) is 30.0. The lowest BCUT2D eigenvalue weighted by Gasteiger charge is -2.14. The number of hydrogen-bond acceptors (Lipinski definition) is 2. The van der Waals surface area contributed by atoms with Gasteiger partial charge in [-0.25, -0.2) is 0 Å². The molecule has 2 aromatic carbocycles. The van der Waals surface area contributed by atoms with Gasteiger partial charge in [0, 0.05) is 25.7 Å². The van der Waals surface area contributed by atoms with E-state index in [2.05, 4.69) is 99.9 Å². The maximum absolute atomic E-state index is 5.47. The summed E-state index contributed by atoms with van der Waals surface area (Å²) in [5.74, 6) is 14.0. The van der Waals surface area contributed by atoms with E-state index in [9.17, 15) is 0 Å². The Balaban J connectivity index is 1.78. The van der Waals surface area contributed by atoms with Gasteiger partial charge in [0.25, 0.3) is 0 Å². The molecule has 0 amide bonds. The molecule has 0 radical (unpaired) electrons. The van der Waals surface area contributed by atoms with Crippen LogP contribution in [0.25, 0.3) is 0 Å². The van der Waals surface area contributed by atoms with E-state index in [1.54, 1.807) is 0 Å². The van der Waals surface area contributed by atoms with Crippen LogP contribution in [0.2, 0.25) is 0 Å². The number of aryl methyl sites for hydroxylation is 2. The van der Waals surface area contributed by atoms with Crippen molar-refractivity contribution in [3.05, 3.63) is 59.7 Å². The van der Waals surface area contributed by atoms with E-state index in [0.717, 1.165) is 101 Å². The molecule has 2 nitrogen and oxygen atoms in total. The van der Waals surface area contributed by atoms with Crippen molar-refractivity contribution >= 4 is 22.8 Å². The van der Waals surface area contributed by atoms with Crippen LogP contribution >= 0.6 is 0 Å². The lowest BCUT2D eigenvalue weighted by molar-refractivity contribution is 0.533. The van der Waals surface area contributed by atoms with Crippen LogP contribution in [0, 0.1) is 23.7 Å². The van der Waals surface area contributed by atoms with Crippen LogP contribution < -0.4 is 0 Å². The normalized spacial score (nSPS) is 11.7. The van der Waals surface area contributed by atoms with Gasteiger partial charge < -0.3 is 0 Å². The second-order valence-corrected chi connectivity index (χ2v) is 20.4. The fourth-order valence-corrected chi connectivity index (χ4v) is 9.43. The van der Waals surface area contributed by atoms with E-state index in [4.69, 9.17) is 9.98 Å². The molecule has 68 heavy (non-hydrogen) atoms. The van der Waals surface area contributed by atoms with Crippen molar-refractivity contribution in [1.29, 1.82) is 0 Å². The van der Waals surface area contributed by atoms with Gasteiger partial charge in [-0.1, -0.05) is 257 Å². The summed E-state index contributed by atoms with van der Waals surface area (Å²) in [6.07, 6.45) is 57.0. The number of nitrogens with zero attached hydrogens (tertiary/aromatic N) is 2. The molecule has 0 heterocycles. The van der Waals surface area contributed by atoms with E-state index in [0.29, 0.717) is 0 Å². The van der Waals surface area contributed by atoms with E-state index in [-0.39, 0.29) is 0 Å². The highest BCUT2D eigenvalue weighted by Crippen LogP contribution is 2.26. The molecule has 0 fully saturated rings. The van der Waals surface area contributed by atoms with Crippen molar-refractivity contribution in [2.24, 2.45) is 9.98 Å². The molecule has 0 saturated carbocycles. The zero-order valence-electron chi connectivity index (χ0n) is 45.6. The first-order chi connectivity index (χ1) is 33.7. The highest BCUT2D eigenvalue weighted by molar-refractivity contribution is 6.43. The van der Waals surface area contributed by atoms with Crippen LogP contribution in [-0.2, 0) is 12.8 Å². The average Bonchev–Trinajstić information content (AvgIpc) is 3.36. The molecule has 0 spiro atoms. The number of aliphatic imine (C=N–C) groups is 2. The fourth-order valence-electron chi connectivity index (χ4n) is 9.43. The van der Waals surface area contributed by atoms with Crippen molar-refractivity contribution in [2.45, 2.75) is 310 Å². The maximum atomic E-state index is 5.47. The lowest BCUT2D eigenvalue weighted by Crippen LogP contribution is -2.14. The van der Waals surface area contributed by atoms with E-state index in [1.807, 2.05) is 0 Å². The van der Waals surface area contributed by atoms with Crippen LogP contribution in [0.15, 0.2) is 58.5 Å². The third-order valence-electron chi connectivity index (χ3n) is 13.9. The number of para-hydroxylation sites is 2. The molecule has 382 valence electrons. The summed E-state index contributed by atoms with van der Waals surface area (Å²) in [5, 5.41) is 0. The Morgan fingerprint density at radius 1 is 0.294 bits per heavy atom. The monoisotopic (exact) mass is 929 g/mol. The number of benzene rings is 2. The summed E-state index contributed by atoms with van der Waals surface area (Å²) in [5.41, 5.74) is 7.25. The van der Waals surface area contributed by atoms with Crippen molar-refractivity contribution in [2.75, 3.05) is 0 Å². The Hall–Kier alpha value is -3.10. The molecule has 2 heteroatoms.